The lowest BCUT2D eigenvalue weighted by Gasteiger charge is -2.28. The Morgan fingerprint density at radius 3 is 2.79 bits per heavy atom. The summed E-state index contributed by atoms with van der Waals surface area (Å²) in [5.74, 6) is -0.0805. The molecule has 0 unspecified atom stereocenters. The molecule has 1 fully saturated rings. The fraction of sp³-hybridized carbons (Fsp3) is 0.353. The standard InChI is InChI=1S/C17H17FN2O2S2/c18-17-4-3-13(9-19)8-14(17)10-20(11-16-2-1-6-23-16)15-5-7-24(21,22)12-15/h1-4,6,8,15H,5,7,10-12H2/t15-/m1/s1. The van der Waals surface area contributed by atoms with Gasteiger partial charge in [-0.05, 0) is 36.1 Å². The molecule has 0 saturated carbocycles. The normalized spacial score (nSPS) is 19.5. The minimum absolute atomic E-state index is 0.109. The molecule has 1 aliphatic rings. The van der Waals surface area contributed by atoms with E-state index in [2.05, 4.69) is 0 Å². The second-order valence-electron chi connectivity index (χ2n) is 5.96. The van der Waals surface area contributed by atoms with Gasteiger partial charge in [0, 0.05) is 29.6 Å². The van der Waals surface area contributed by atoms with Crippen LogP contribution < -0.4 is 0 Å². The van der Waals surface area contributed by atoms with E-state index in [1.807, 2.05) is 28.5 Å². The first kappa shape index (κ1) is 17.1. The van der Waals surface area contributed by atoms with Gasteiger partial charge >= 0.3 is 0 Å². The predicted octanol–water partition coefficient (Wildman–Crippen LogP) is 2.95. The van der Waals surface area contributed by atoms with E-state index in [0.29, 0.717) is 30.6 Å². The van der Waals surface area contributed by atoms with Crippen molar-refractivity contribution in [3.63, 3.8) is 0 Å². The zero-order chi connectivity index (χ0) is 17.2. The molecule has 2 heterocycles. The number of rotatable bonds is 5. The van der Waals surface area contributed by atoms with Crippen molar-refractivity contribution in [1.82, 2.24) is 4.90 Å². The lowest BCUT2D eigenvalue weighted by Crippen LogP contribution is -2.35. The number of thiophene rings is 1. The lowest BCUT2D eigenvalue weighted by molar-refractivity contribution is 0.193. The number of nitriles is 1. The second-order valence-corrected chi connectivity index (χ2v) is 9.22. The summed E-state index contributed by atoms with van der Waals surface area (Å²) >= 11 is 1.60. The van der Waals surface area contributed by atoms with E-state index in [0.717, 1.165) is 4.88 Å². The van der Waals surface area contributed by atoms with Crippen LogP contribution in [0.3, 0.4) is 0 Å². The maximum atomic E-state index is 14.1. The maximum absolute atomic E-state index is 14.1. The highest BCUT2D eigenvalue weighted by molar-refractivity contribution is 7.91. The van der Waals surface area contributed by atoms with Gasteiger partial charge in [-0.25, -0.2) is 12.8 Å². The van der Waals surface area contributed by atoms with Crippen LogP contribution >= 0.6 is 11.3 Å². The molecular formula is C17H17FN2O2S2. The first-order valence-corrected chi connectivity index (χ1v) is 10.3. The van der Waals surface area contributed by atoms with E-state index < -0.39 is 9.84 Å². The van der Waals surface area contributed by atoms with Gasteiger partial charge in [0.2, 0.25) is 0 Å². The maximum Gasteiger partial charge on any atom is 0.151 e. The number of benzene rings is 1. The molecule has 0 spiro atoms. The van der Waals surface area contributed by atoms with Crippen LogP contribution in [0.1, 0.15) is 22.4 Å². The van der Waals surface area contributed by atoms with Crippen LogP contribution in [0.4, 0.5) is 4.39 Å². The SMILES string of the molecule is N#Cc1ccc(F)c(CN(Cc2cccs2)[C@@H]2CCS(=O)(=O)C2)c1. The highest BCUT2D eigenvalue weighted by Gasteiger charge is 2.32. The smallest absolute Gasteiger partial charge is 0.151 e. The van der Waals surface area contributed by atoms with Crippen LogP contribution in [-0.2, 0) is 22.9 Å². The Morgan fingerprint density at radius 1 is 1.33 bits per heavy atom. The molecular weight excluding hydrogens is 347 g/mol. The molecule has 2 aromatic rings. The Kier molecular flexibility index (Phi) is 4.99. The van der Waals surface area contributed by atoms with Gasteiger partial charge < -0.3 is 0 Å². The van der Waals surface area contributed by atoms with Gasteiger partial charge in [0.1, 0.15) is 5.82 Å². The summed E-state index contributed by atoms with van der Waals surface area (Å²) in [7, 11) is -3.02. The topological polar surface area (TPSA) is 61.2 Å². The molecule has 1 aliphatic heterocycles. The Balaban J connectivity index is 1.86. The zero-order valence-electron chi connectivity index (χ0n) is 13.0. The summed E-state index contributed by atoms with van der Waals surface area (Å²) in [5.41, 5.74) is 0.830. The van der Waals surface area contributed by atoms with Crippen LogP contribution in [0, 0.1) is 17.1 Å². The van der Waals surface area contributed by atoms with Gasteiger partial charge in [0.25, 0.3) is 0 Å². The van der Waals surface area contributed by atoms with E-state index >= 15 is 0 Å². The number of nitrogens with zero attached hydrogens (tertiary/aromatic N) is 2. The molecule has 1 aromatic heterocycles. The highest BCUT2D eigenvalue weighted by atomic mass is 32.2. The minimum Gasteiger partial charge on any atom is -0.290 e. The van der Waals surface area contributed by atoms with Crippen molar-refractivity contribution in [3.05, 3.63) is 57.5 Å². The van der Waals surface area contributed by atoms with Crippen LogP contribution in [0.5, 0.6) is 0 Å². The molecule has 0 bridgehead atoms. The van der Waals surface area contributed by atoms with Crippen molar-refractivity contribution in [1.29, 1.82) is 5.26 Å². The molecule has 0 amide bonds. The van der Waals surface area contributed by atoms with Crippen molar-refractivity contribution in [2.45, 2.75) is 25.6 Å². The van der Waals surface area contributed by atoms with Crippen molar-refractivity contribution in [2.75, 3.05) is 11.5 Å². The molecule has 0 aliphatic carbocycles. The second kappa shape index (κ2) is 7.01. The summed E-state index contributed by atoms with van der Waals surface area (Å²) in [6.45, 7) is 0.869. The molecule has 24 heavy (non-hydrogen) atoms. The average Bonchev–Trinajstić information content (AvgIpc) is 3.18. The monoisotopic (exact) mass is 364 g/mol. The average molecular weight is 364 g/mol. The van der Waals surface area contributed by atoms with Crippen LogP contribution in [0.25, 0.3) is 0 Å². The quantitative estimate of drug-likeness (QED) is 0.818. The number of sulfone groups is 1. The molecule has 7 heteroatoms. The van der Waals surface area contributed by atoms with Crippen LogP contribution in [-0.4, -0.2) is 30.9 Å². The van der Waals surface area contributed by atoms with Crippen molar-refractivity contribution < 1.29 is 12.8 Å². The molecule has 4 nitrogen and oxygen atoms in total. The Labute approximate surface area is 145 Å². The van der Waals surface area contributed by atoms with Gasteiger partial charge in [0.05, 0.1) is 23.1 Å². The van der Waals surface area contributed by atoms with E-state index in [1.54, 1.807) is 17.4 Å². The molecule has 3 rings (SSSR count). The lowest BCUT2D eigenvalue weighted by atomic mass is 10.1. The van der Waals surface area contributed by atoms with Gasteiger partial charge in [-0.3, -0.25) is 4.90 Å². The predicted molar refractivity (Wildman–Crippen MR) is 91.7 cm³/mol. The Morgan fingerprint density at radius 2 is 2.17 bits per heavy atom. The van der Waals surface area contributed by atoms with Gasteiger partial charge in [-0.2, -0.15) is 5.26 Å². The number of halogens is 1. The summed E-state index contributed by atoms with van der Waals surface area (Å²) in [4.78, 5) is 3.12. The van der Waals surface area contributed by atoms with Crippen molar-refractivity contribution in [3.8, 4) is 6.07 Å². The Hall–Kier alpha value is -1.75. The van der Waals surface area contributed by atoms with Crippen LogP contribution in [0.2, 0.25) is 0 Å². The Bertz CT molecular complexity index is 857. The fourth-order valence-electron chi connectivity index (χ4n) is 2.96. The summed E-state index contributed by atoms with van der Waals surface area (Å²) < 4.78 is 37.8. The minimum atomic E-state index is -3.02. The van der Waals surface area contributed by atoms with Crippen molar-refractivity contribution >= 4 is 21.2 Å². The molecule has 1 atom stereocenters. The third-order valence-electron chi connectivity index (χ3n) is 4.21. The van der Waals surface area contributed by atoms with E-state index in [-0.39, 0.29) is 23.4 Å². The van der Waals surface area contributed by atoms with Gasteiger partial charge in [-0.1, -0.05) is 6.07 Å². The van der Waals surface area contributed by atoms with Crippen LogP contribution in [0.15, 0.2) is 35.7 Å². The van der Waals surface area contributed by atoms with E-state index in [1.165, 1.54) is 12.1 Å². The highest BCUT2D eigenvalue weighted by Crippen LogP contribution is 2.24. The van der Waals surface area contributed by atoms with E-state index in [9.17, 15) is 12.8 Å². The van der Waals surface area contributed by atoms with Crippen molar-refractivity contribution in [2.24, 2.45) is 0 Å². The summed E-state index contributed by atoms with van der Waals surface area (Å²) in [5, 5.41) is 11.0. The molecule has 1 saturated heterocycles. The van der Waals surface area contributed by atoms with Gasteiger partial charge in [0.15, 0.2) is 9.84 Å². The third kappa shape index (κ3) is 4.01. The molecule has 0 N–H and O–H groups in total. The first-order valence-electron chi connectivity index (χ1n) is 7.62. The molecule has 1 aromatic carbocycles. The zero-order valence-corrected chi connectivity index (χ0v) is 14.6. The third-order valence-corrected chi connectivity index (χ3v) is 6.82. The largest absolute Gasteiger partial charge is 0.290 e. The fourth-order valence-corrected chi connectivity index (χ4v) is 5.46. The van der Waals surface area contributed by atoms with Gasteiger partial charge in [-0.15, -0.1) is 11.3 Å². The summed E-state index contributed by atoms with van der Waals surface area (Å²) in [6.07, 6.45) is 0.563. The number of hydrogen-bond acceptors (Lipinski definition) is 5. The number of hydrogen-bond donors (Lipinski definition) is 0. The summed E-state index contributed by atoms with van der Waals surface area (Å²) in [6, 6.07) is 10.1. The molecule has 0 radical (unpaired) electrons. The first-order chi connectivity index (χ1) is 11.5. The van der Waals surface area contributed by atoms with E-state index in [4.69, 9.17) is 5.26 Å². The molecule has 126 valence electrons.